The third-order valence-corrected chi connectivity index (χ3v) is 2.98. The number of benzene rings is 1. The van der Waals surface area contributed by atoms with Crippen molar-refractivity contribution < 1.29 is 19.2 Å². The maximum absolute atomic E-state index is 11.5. The first-order valence-electron chi connectivity index (χ1n) is 6.85. The Bertz CT molecular complexity index is 630. The summed E-state index contributed by atoms with van der Waals surface area (Å²) in [7, 11) is 1.33. The minimum absolute atomic E-state index is 0.115. The number of carbonyl (C=O) groups excluding carboxylic acids is 2. The Hall–Kier alpha value is -2.97. The van der Waals surface area contributed by atoms with Crippen LogP contribution in [0.1, 0.15) is 25.8 Å². The SMILES string of the molecule is CC[C@@H](C)NC(=O)C(=O)N/N=C\c1ccc(OC)c([N+](=O)[O-])c1. The molecule has 0 spiro atoms. The molecule has 1 aromatic rings. The number of carbonyl (C=O) groups is 2. The van der Waals surface area contributed by atoms with Crippen LogP contribution >= 0.6 is 0 Å². The van der Waals surface area contributed by atoms with Crippen molar-refractivity contribution in [3.63, 3.8) is 0 Å². The normalized spacial score (nSPS) is 11.8. The van der Waals surface area contributed by atoms with E-state index in [2.05, 4.69) is 15.8 Å². The maximum Gasteiger partial charge on any atom is 0.329 e. The average Bonchev–Trinajstić information content (AvgIpc) is 2.54. The van der Waals surface area contributed by atoms with Crippen LogP contribution in [0.15, 0.2) is 23.3 Å². The third kappa shape index (κ3) is 5.38. The second-order valence-electron chi connectivity index (χ2n) is 4.67. The molecule has 2 N–H and O–H groups in total. The summed E-state index contributed by atoms with van der Waals surface area (Å²) in [6.45, 7) is 3.64. The molecule has 0 bridgehead atoms. The monoisotopic (exact) mass is 322 g/mol. The summed E-state index contributed by atoms with van der Waals surface area (Å²) in [5.74, 6) is -1.59. The molecule has 0 unspecified atom stereocenters. The summed E-state index contributed by atoms with van der Waals surface area (Å²) < 4.78 is 4.87. The summed E-state index contributed by atoms with van der Waals surface area (Å²) in [4.78, 5) is 33.3. The van der Waals surface area contributed by atoms with E-state index in [1.807, 2.05) is 6.92 Å². The fraction of sp³-hybridized carbons (Fsp3) is 0.357. The second kappa shape index (κ2) is 8.47. The summed E-state index contributed by atoms with van der Waals surface area (Å²) >= 11 is 0. The summed E-state index contributed by atoms with van der Waals surface area (Å²) in [6, 6.07) is 4.06. The number of methoxy groups -OCH3 is 1. The Kier molecular flexibility index (Phi) is 6.66. The van der Waals surface area contributed by atoms with Gasteiger partial charge in [-0.15, -0.1) is 0 Å². The van der Waals surface area contributed by atoms with E-state index >= 15 is 0 Å². The van der Waals surface area contributed by atoms with Gasteiger partial charge in [-0.1, -0.05) is 6.92 Å². The summed E-state index contributed by atoms with van der Waals surface area (Å²) in [5.41, 5.74) is 2.21. The van der Waals surface area contributed by atoms with Gasteiger partial charge in [0.1, 0.15) is 0 Å². The minimum Gasteiger partial charge on any atom is -0.490 e. The molecule has 9 nitrogen and oxygen atoms in total. The fourth-order valence-electron chi connectivity index (χ4n) is 1.54. The summed E-state index contributed by atoms with van der Waals surface area (Å²) in [6.07, 6.45) is 1.89. The molecule has 9 heteroatoms. The number of amides is 2. The lowest BCUT2D eigenvalue weighted by molar-refractivity contribution is -0.385. The predicted octanol–water partition coefficient (Wildman–Crippen LogP) is 0.968. The van der Waals surface area contributed by atoms with E-state index < -0.39 is 16.7 Å². The van der Waals surface area contributed by atoms with Crippen molar-refractivity contribution in [1.29, 1.82) is 0 Å². The standard InChI is InChI=1S/C14H18N4O5/c1-4-9(2)16-13(19)14(20)17-15-8-10-5-6-12(23-3)11(7-10)18(21)22/h5-9H,4H2,1-3H3,(H,16,19)(H,17,20)/b15-8-/t9-/m1/s1. The Morgan fingerprint density at radius 1 is 1.43 bits per heavy atom. The number of nitro benzene ring substituents is 1. The van der Waals surface area contributed by atoms with E-state index in [9.17, 15) is 19.7 Å². The van der Waals surface area contributed by atoms with Gasteiger partial charge in [-0.2, -0.15) is 5.10 Å². The van der Waals surface area contributed by atoms with E-state index in [0.717, 1.165) is 0 Å². The molecule has 1 aromatic carbocycles. The van der Waals surface area contributed by atoms with Gasteiger partial charge in [0.25, 0.3) is 0 Å². The van der Waals surface area contributed by atoms with Crippen LogP contribution in [0.5, 0.6) is 5.75 Å². The van der Waals surface area contributed by atoms with E-state index in [1.54, 1.807) is 6.92 Å². The zero-order valence-corrected chi connectivity index (χ0v) is 13.0. The zero-order valence-electron chi connectivity index (χ0n) is 13.0. The van der Waals surface area contributed by atoms with Crippen LogP contribution in [0.2, 0.25) is 0 Å². The number of hydrogen-bond donors (Lipinski definition) is 2. The van der Waals surface area contributed by atoms with Gasteiger partial charge in [0.2, 0.25) is 0 Å². The lowest BCUT2D eigenvalue weighted by Gasteiger charge is -2.09. The number of rotatable bonds is 6. The molecule has 1 atom stereocenters. The first-order valence-corrected chi connectivity index (χ1v) is 6.85. The Morgan fingerprint density at radius 2 is 2.13 bits per heavy atom. The Balaban J connectivity index is 2.71. The number of hydrazone groups is 1. The van der Waals surface area contributed by atoms with Gasteiger partial charge in [0, 0.05) is 17.7 Å². The fourth-order valence-corrected chi connectivity index (χ4v) is 1.54. The van der Waals surface area contributed by atoms with E-state index in [0.29, 0.717) is 12.0 Å². The van der Waals surface area contributed by atoms with Crippen molar-refractivity contribution >= 4 is 23.7 Å². The van der Waals surface area contributed by atoms with E-state index in [1.165, 1.54) is 31.5 Å². The minimum atomic E-state index is -0.912. The van der Waals surface area contributed by atoms with Crippen molar-refractivity contribution in [2.45, 2.75) is 26.3 Å². The molecular weight excluding hydrogens is 304 g/mol. The van der Waals surface area contributed by atoms with Crippen LogP contribution in [-0.2, 0) is 9.59 Å². The number of nitrogens with zero attached hydrogens (tertiary/aromatic N) is 2. The van der Waals surface area contributed by atoms with Crippen molar-refractivity contribution in [3.8, 4) is 5.75 Å². The molecule has 23 heavy (non-hydrogen) atoms. The largest absolute Gasteiger partial charge is 0.490 e. The Morgan fingerprint density at radius 3 is 2.70 bits per heavy atom. The van der Waals surface area contributed by atoms with Gasteiger partial charge in [-0.3, -0.25) is 19.7 Å². The zero-order chi connectivity index (χ0) is 17.4. The average molecular weight is 322 g/mol. The first kappa shape index (κ1) is 18.1. The molecule has 1 rings (SSSR count). The van der Waals surface area contributed by atoms with Gasteiger partial charge < -0.3 is 10.1 Å². The lowest BCUT2D eigenvalue weighted by Crippen LogP contribution is -2.41. The maximum atomic E-state index is 11.5. The number of nitrogens with one attached hydrogen (secondary N) is 2. The highest BCUT2D eigenvalue weighted by atomic mass is 16.6. The van der Waals surface area contributed by atoms with Crippen LogP contribution in [0, 0.1) is 10.1 Å². The van der Waals surface area contributed by atoms with Gasteiger partial charge in [0.05, 0.1) is 18.2 Å². The van der Waals surface area contributed by atoms with E-state index in [4.69, 9.17) is 4.74 Å². The first-order chi connectivity index (χ1) is 10.9. The highest BCUT2D eigenvalue weighted by molar-refractivity contribution is 6.35. The van der Waals surface area contributed by atoms with Gasteiger partial charge in [0.15, 0.2) is 5.75 Å². The van der Waals surface area contributed by atoms with E-state index in [-0.39, 0.29) is 17.5 Å². The highest BCUT2D eigenvalue weighted by Gasteiger charge is 2.15. The molecule has 0 aliphatic rings. The third-order valence-electron chi connectivity index (χ3n) is 2.98. The molecule has 0 aliphatic carbocycles. The molecule has 0 radical (unpaired) electrons. The Labute approximate surface area is 132 Å². The summed E-state index contributed by atoms with van der Waals surface area (Å²) in [5, 5.41) is 17.0. The van der Waals surface area contributed by atoms with Crippen LogP contribution in [0.3, 0.4) is 0 Å². The van der Waals surface area contributed by atoms with Crippen LogP contribution in [0.4, 0.5) is 5.69 Å². The van der Waals surface area contributed by atoms with Gasteiger partial charge in [-0.05, 0) is 25.5 Å². The van der Waals surface area contributed by atoms with Crippen LogP contribution in [-0.4, -0.2) is 36.1 Å². The molecule has 0 fully saturated rings. The molecule has 2 amide bonds. The van der Waals surface area contributed by atoms with Crippen molar-refractivity contribution in [2.24, 2.45) is 5.10 Å². The number of hydrogen-bond acceptors (Lipinski definition) is 6. The molecule has 0 aromatic heterocycles. The molecule has 0 aliphatic heterocycles. The smallest absolute Gasteiger partial charge is 0.329 e. The highest BCUT2D eigenvalue weighted by Crippen LogP contribution is 2.26. The molecular formula is C14H18N4O5. The predicted molar refractivity (Wildman–Crippen MR) is 83.3 cm³/mol. The quantitative estimate of drug-likeness (QED) is 0.349. The van der Waals surface area contributed by atoms with Gasteiger partial charge >= 0.3 is 17.5 Å². The molecule has 0 saturated heterocycles. The second-order valence-corrected chi connectivity index (χ2v) is 4.67. The lowest BCUT2D eigenvalue weighted by atomic mass is 10.2. The number of ether oxygens (including phenoxy) is 1. The molecule has 0 saturated carbocycles. The topological polar surface area (TPSA) is 123 Å². The van der Waals surface area contributed by atoms with Gasteiger partial charge in [-0.25, -0.2) is 5.43 Å². The number of nitro groups is 1. The van der Waals surface area contributed by atoms with Crippen LogP contribution < -0.4 is 15.5 Å². The molecule has 124 valence electrons. The van der Waals surface area contributed by atoms with Crippen molar-refractivity contribution in [3.05, 3.63) is 33.9 Å². The molecule has 0 heterocycles. The van der Waals surface area contributed by atoms with Crippen LogP contribution in [0.25, 0.3) is 0 Å². The van der Waals surface area contributed by atoms with Crippen molar-refractivity contribution in [1.82, 2.24) is 10.7 Å². The van der Waals surface area contributed by atoms with Crippen molar-refractivity contribution in [2.75, 3.05) is 7.11 Å².